The Morgan fingerprint density at radius 1 is 1.07 bits per heavy atom. The molecule has 1 aliphatic carbocycles. The minimum atomic E-state index is -0.371. The number of hydrogen-bond donors (Lipinski definition) is 1. The second kappa shape index (κ2) is 10.1. The summed E-state index contributed by atoms with van der Waals surface area (Å²) in [6.45, 7) is 5.54. The molecule has 1 heterocycles. The quantitative estimate of drug-likeness (QED) is 0.752. The molecule has 154 valence electrons. The first-order chi connectivity index (χ1) is 13.5. The Hall–Kier alpha value is -1.84. The lowest BCUT2D eigenvalue weighted by atomic mass is 9.88. The Labute approximate surface area is 170 Å². The van der Waals surface area contributed by atoms with E-state index in [4.69, 9.17) is 0 Å². The zero-order valence-electron chi connectivity index (χ0n) is 17.6. The van der Waals surface area contributed by atoms with Crippen LogP contribution in [0.15, 0.2) is 24.3 Å². The van der Waals surface area contributed by atoms with E-state index in [1.165, 1.54) is 17.7 Å². The highest BCUT2D eigenvalue weighted by atomic mass is 16.2. The van der Waals surface area contributed by atoms with Crippen LogP contribution in [0.3, 0.4) is 0 Å². The van der Waals surface area contributed by atoms with Crippen LogP contribution < -0.4 is 10.2 Å². The lowest BCUT2D eigenvalue weighted by Crippen LogP contribution is -2.48. The molecule has 0 unspecified atom stereocenters. The molecule has 1 amide bonds. The van der Waals surface area contributed by atoms with Gasteiger partial charge in [-0.05, 0) is 56.1 Å². The van der Waals surface area contributed by atoms with E-state index in [2.05, 4.69) is 48.3 Å². The van der Waals surface area contributed by atoms with Gasteiger partial charge in [0.1, 0.15) is 0 Å². The van der Waals surface area contributed by atoms with Crippen LogP contribution in [0.1, 0.15) is 70.8 Å². The number of benzene rings is 1. The average Bonchev–Trinajstić information content (AvgIpc) is 2.90. The molecule has 0 saturated heterocycles. The number of nitrogens with zero attached hydrogens (tertiary/aromatic N) is 1. The van der Waals surface area contributed by atoms with E-state index in [1.807, 2.05) is 0 Å². The van der Waals surface area contributed by atoms with Gasteiger partial charge in [0.05, 0.1) is 12.6 Å². The Balaban J connectivity index is 1.68. The number of Topliss-reactive ketones (excluding diaryl/α,β-unsaturated/α-hetero) is 1. The van der Waals surface area contributed by atoms with Crippen molar-refractivity contribution in [1.29, 1.82) is 0 Å². The first kappa shape index (κ1) is 20.9. The topological polar surface area (TPSA) is 49.4 Å². The fraction of sp³-hybridized carbons (Fsp3) is 0.667. The molecule has 1 aliphatic heterocycles. The van der Waals surface area contributed by atoms with Crippen molar-refractivity contribution in [2.45, 2.75) is 77.7 Å². The van der Waals surface area contributed by atoms with Crippen molar-refractivity contribution < 1.29 is 9.59 Å². The van der Waals surface area contributed by atoms with Crippen molar-refractivity contribution in [3.63, 3.8) is 0 Å². The second-order valence-corrected chi connectivity index (χ2v) is 9.00. The third-order valence-electron chi connectivity index (χ3n) is 6.19. The van der Waals surface area contributed by atoms with E-state index < -0.39 is 0 Å². The third kappa shape index (κ3) is 5.59. The number of hydrogen-bond acceptors (Lipinski definition) is 3. The molecule has 1 aromatic carbocycles. The maximum absolute atomic E-state index is 13.2. The highest BCUT2D eigenvalue weighted by molar-refractivity contribution is 5.92. The van der Waals surface area contributed by atoms with E-state index in [0.717, 1.165) is 51.5 Å². The SMILES string of the molecule is CC(C)C[C@H](NC(=O)C1CCCCC1)C(=O)CN1CCCCc2ccccc21. The maximum Gasteiger partial charge on any atom is 0.223 e. The zero-order valence-corrected chi connectivity index (χ0v) is 17.6. The lowest BCUT2D eigenvalue weighted by Gasteiger charge is -2.29. The normalized spacial score (nSPS) is 19.0. The molecular formula is C24H36N2O2. The molecule has 0 radical (unpaired) electrons. The van der Waals surface area contributed by atoms with Crippen molar-refractivity contribution in [1.82, 2.24) is 5.32 Å². The number of rotatable bonds is 7. The molecule has 0 aromatic heterocycles. The van der Waals surface area contributed by atoms with Crippen molar-refractivity contribution in [2.24, 2.45) is 11.8 Å². The van der Waals surface area contributed by atoms with Gasteiger partial charge in [-0.25, -0.2) is 0 Å². The van der Waals surface area contributed by atoms with Gasteiger partial charge < -0.3 is 10.2 Å². The highest BCUT2D eigenvalue weighted by Gasteiger charge is 2.28. The summed E-state index contributed by atoms with van der Waals surface area (Å²) in [5.74, 6) is 0.705. The van der Waals surface area contributed by atoms with E-state index in [-0.39, 0.29) is 23.7 Å². The first-order valence-corrected chi connectivity index (χ1v) is 11.2. The number of nitrogens with one attached hydrogen (secondary N) is 1. The fourth-order valence-electron chi connectivity index (χ4n) is 4.63. The monoisotopic (exact) mass is 384 g/mol. The molecular weight excluding hydrogens is 348 g/mol. The number of amides is 1. The summed E-state index contributed by atoms with van der Waals surface area (Å²) in [5.41, 5.74) is 2.52. The van der Waals surface area contributed by atoms with Crippen molar-refractivity contribution in [3.05, 3.63) is 29.8 Å². The van der Waals surface area contributed by atoms with Gasteiger partial charge >= 0.3 is 0 Å². The van der Waals surface area contributed by atoms with Crippen LogP contribution in [0.25, 0.3) is 0 Å². The van der Waals surface area contributed by atoms with Gasteiger partial charge in [-0.15, -0.1) is 0 Å². The van der Waals surface area contributed by atoms with Crippen LogP contribution in [0.2, 0.25) is 0 Å². The van der Waals surface area contributed by atoms with Crippen molar-refractivity contribution in [2.75, 3.05) is 18.0 Å². The van der Waals surface area contributed by atoms with Crippen LogP contribution >= 0.6 is 0 Å². The Bertz CT molecular complexity index is 664. The predicted octanol–water partition coefficient (Wildman–Crippen LogP) is 4.51. The summed E-state index contributed by atoms with van der Waals surface area (Å²) >= 11 is 0. The minimum Gasteiger partial charge on any atom is -0.364 e. The summed E-state index contributed by atoms with van der Waals surface area (Å²) in [4.78, 5) is 28.2. The smallest absolute Gasteiger partial charge is 0.223 e. The number of fused-ring (bicyclic) bond motifs is 1. The van der Waals surface area contributed by atoms with E-state index in [9.17, 15) is 9.59 Å². The predicted molar refractivity (Wildman–Crippen MR) is 115 cm³/mol. The number of para-hydroxylation sites is 1. The summed E-state index contributed by atoms with van der Waals surface area (Å²) in [6, 6.07) is 8.07. The van der Waals surface area contributed by atoms with Crippen LogP contribution in [-0.4, -0.2) is 30.8 Å². The van der Waals surface area contributed by atoms with Gasteiger partial charge in [-0.1, -0.05) is 51.3 Å². The summed E-state index contributed by atoms with van der Waals surface area (Å²) < 4.78 is 0. The molecule has 4 heteroatoms. The molecule has 1 fully saturated rings. The van der Waals surface area contributed by atoms with Crippen LogP contribution in [-0.2, 0) is 16.0 Å². The molecule has 1 N–H and O–H groups in total. The molecule has 0 spiro atoms. The van der Waals surface area contributed by atoms with Crippen molar-refractivity contribution in [3.8, 4) is 0 Å². The van der Waals surface area contributed by atoms with Gasteiger partial charge in [0.15, 0.2) is 5.78 Å². The highest BCUT2D eigenvalue weighted by Crippen LogP contribution is 2.27. The molecule has 1 aromatic rings. The van der Waals surface area contributed by atoms with Gasteiger partial charge in [-0.2, -0.15) is 0 Å². The number of ketones is 1. The standard InChI is InChI=1S/C24H36N2O2/c1-18(2)16-21(25-24(28)20-12-4-3-5-13-20)23(27)17-26-15-9-8-11-19-10-6-7-14-22(19)26/h6-7,10,14,18,20-21H,3-5,8-9,11-13,15-17H2,1-2H3,(H,25,28)/t21-/m0/s1. The molecule has 0 bridgehead atoms. The molecule has 2 aliphatic rings. The van der Waals surface area contributed by atoms with E-state index in [1.54, 1.807) is 0 Å². The second-order valence-electron chi connectivity index (χ2n) is 9.00. The number of carbonyl (C=O) groups is 2. The largest absolute Gasteiger partial charge is 0.364 e. The molecule has 4 nitrogen and oxygen atoms in total. The molecule has 1 saturated carbocycles. The summed E-state index contributed by atoms with van der Waals surface area (Å²) in [6.07, 6.45) is 9.48. The van der Waals surface area contributed by atoms with Gasteiger partial charge in [0.25, 0.3) is 0 Å². The Morgan fingerprint density at radius 3 is 2.57 bits per heavy atom. The number of carbonyl (C=O) groups excluding carboxylic acids is 2. The summed E-state index contributed by atoms with van der Waals surface area (Å²) in [5, 5.41) is 3.13. The van der Waals surface area contributed by atoms with Crippen molar-refractivity contribution >= 4 is 17.4 Å². The van der Waals surface area contributed by atoms with Crippen LogP contribution in [0.4, 0.5) is 5.69 Å². The first-order valence-electron chi connectivity index (χ1n) is 11.2. The zero-order chi connectivity index (χ0) is 19.9. The lowest BCUT2D eigenvalue weighted by molar-refractivity contribution is -0.130. The minimum absolute atomic E-state index is 0.0926. The van der Waals surface area contributed by atoms with E-state index in [0.29, 0.717) is 18.9 Å². The van der Waals surface area contributed by atoms with E-state index >= 15 is 0 Å². The maximum atomic E-state index is 13.2. The Kier molecular flexibility index (Phi) is 7.52. The van der Waals surface area contributed by atoms with Crippen LogP contribution in [0, 0.1) is 11.8 Å². The molecule has 3 rings (SSSR count). The van der Waals surface area contributed by atoms with Crippen LogP contribution in [0.5, 0.6) is 0 Å². The number of anilines is 1. The molecule has 1 atom stereocenters. The third-order valence-corrected chi connectivity index (χ3v) is 6.19. The van der Waals surface area contributed by atoms with Gasteiger partial charge in [-0.3, -0.25) is 9.59 Å². The fourth-order valence-corrected chi connectivity index (χ4v) is 4.63. The Morgan fingerprint density at radius 2 is 1.82 bits per heavy atom. The van der Waals surface area contributed by atoms with Gasteiger partial charge in [0, 0.05) is 18.2 Å². The number of aryl methyl sites for hydroxylation is 1. The van der Waals surface area contributed by atoms with Gasteiger partial charge in [0.2, 0.25) is 5.91 Å². The summed E-state index contributed by atoms with van der Waals surface area (Å²) in [7, 11) is 0. The molecule has 28 heavy (non-hydrogen) atoms. The average molecular weight is 385 g/mol.